The van der Waals surface area contributed by atoms with E-state index in [0.29, 0.717) is 11.6 Å². The van der Waals surface area contributed by atoms with Gasteiger partial charge in [0.1, 0.15) is 17.6 Å². The number of aromatic nitrogens is 4. The predicted octanol–water partition coefficient (Wildman–Crippen LogP) is 3.14. The number of carbonyl (C=O) groups is 1. The minimum atomic E-state index is -4.68. The van der Waals surface area contributed by atoms with Gasteiger partial charge < -0.3 is 14.6 Å². The molecule has 12 heteroatoms. The predicted molar refractivity (Wildman–Crippen MR) is 94.6 cm³/mol. The standard InChI is InChI=1S/C18H17F4N5O3/c1-27-13(9-14(25-27)18(20,21)22)16(28)23-12(6-7-29-2)17-24-15(26-30-17)10-4-3-5-11(19)8-10/h3-5,8-9,12H,6-7H2,1-2H3,(H,23,28). The Morgan fingerprint density at radius 2 is 2.10 bits per heavy atom. The lowest BCUT2D eigenvalue weighted by Crippen LogP contribution is -2.31. The van der Waals surface area contributed by atoms with Gasteiger partial charge in [0.25, 0.3) is 5.91 Å². The summed E-state index contributed by atoms with van der Waals surface area (Å²) in [5.74, 6) is -1.20. The van der Waals surface area contributed by atoms with Crippen molar-refractivity contribution in [3.05, 3.63) is 53.4 Å². The topological polar surface area (TPSA) is 95.1 Å². The molecule has 3 aromatic rings. The van der Waals surface area contributed by atoms with Crippen molar-refractivity contribution in [1.82, 2.24) is 25.2 Å². The second-order valence-electron chi connectivity index (χ2n) is 6.31. The summed E-state index contributed by atoms with van der Waals surface area (Å²) in [6.07, 6.45) is -4.48. The van der Waals surface area contributed by atoms with Crippen LogP contribution >= 0.6 is 0 Å². The van der Waals surface area contributed by atoms with Crippen LogP contribution in [0.25, 0.3) is 11.4 Å². The molecule has 3 rings (SSSR count). The Morgan fingerprint density at radius 1 is 1.33 bits per heavy atom. The quantitative estimate of drug-likeness (QED) is 0.582. The molecule has 0 fully saturated rings. The normalized spacial score (nSPS) is 12.7. The summed E-state index contributed by atoms with van der Waals surface area (Å²) in [6.45, 7) is 0.196. The first kappa shape index (κ1) is 21.4. The van der Waals surface area contributed by atoms with Crippen molar-refractivity contribution < 1.29 is 31.6 Å². The molecule has 0 aliphatic rings. The molecule has 1 amide bonds. The molecule has 0 bridgehead atoms. The van der Waals surface area contributed by atoms with Crippen LogP contribution in [0.4, 0.5) is 17.6 Å². The van der Waals surface area contributed by atoms with Gasteiger partial charge >= 0.3 is 6.18 Å². The van der Waals surface area contributed by atoms with Crippen molar-refractivity contribution in [3.8, 4) is 11.4 Å². The van der Waals surface area contributed by atoms with Crippen LogP contribution in [-0.4, -0.2) is 39.5 Å². The third kappa shape index (κ3) is 4.82. The van der Waals surface area contributed by atoms with Gasteiger partial charge in [0.05, 0.1) is 0 Å². The van der Waals surface area contributed by atoms with Crippen LogP contribution in [0.15, 0.2) is 34.9 Å². The largest absolute Gasteiger partial charge is 0.435 e. The zero-order valence-corrected chi connectivity index (χ0v) is 15.9. The number of nitrogens with zero attached hydrogens (tertiary/aromatic N) is 4. The lowest BCUT2D eigenvalue weighted by Gasteiger charge is -2.14. The highest BCUT2D eigenvalue weighted by molar-refractivity contribution is 5.92. The van der Waals surface area contributed by atoms with E-state index in [4.69, 9.17) is 9.26 Å². The molecule has 8 nitrogen and oxygen atoms in total. The average Bonchev–Trinajstić information content (AvgIpc) is 3.32. The Kier molecular flexibility index (Phi) is 6.15. The van der Waals surface area contributed by atoms with E-state index in [1.54, 1.807) is 6.07 Å². The summed E-state index contributed by atoms with van der Waals surface area (Å²) >= 11 is 0. The molecule has 0 saturated carbocycles. The SMILES string of the molecule is COCCC(NC(=O)c1cc(C(F)(F)F)nn1C)c1nc(-c2cccc(F)c2)no1. The van der Waals surface area contributed by atoms with Crippen molar-refractivity contribution in [3.63, 3.8) is 0 Å². The first-order valence-electron chi connectivity index (χ1n) is 8.69. The minimum absolute atomic E-state index is 0.00197. The molecule has 2 aromatic heterocycles. The maximum Gasteiger partial charge on any atom is 0.435 e. The number of rotatable bonds is 7. The van der Waals surface area contributed by atoms with Gasteiger partial charge in [-0.05, 0) is 18.6 Å². The van der Waals surface area contributed by atoms with Crippen molar-refractivity contribution in [2.75, 3.05) is 13.7 Å². The molecule has 0 aliphatic heterocycles. The smallest absolute Gasteiger partial charge is 0.385 e. The maximum atomic E-state index is 13.4. The average molecular weight is 427 g/mol. The number of methoxy groups -OCH3 is 1. The second kappa shape index (κ2) is 8.61. The lowest BCUT2D eigenvalue weighted by atomic mass is 10.2. The molecule has 0 spiro atoms. The van der Waals surface area contributed by atoms with Crippen LogP contribution in [0.2, 0.25) is 0 Å². The van der Waals surface area contributed by atoms with Gasteiger partial charge in [0, 0.05) is 32.4 Å². The lowest BCUT2D eigenvalue weighted by molar-refractivity contribution is -0.141. The molecule has 1 aromatic carbocycles. The number of hydrogen-bond acceptors (Lipinski definition) is 6. The van der Waals surface area contributed by atoms with Crippen LogP contribution in [0.5, 0.6) is 0 Å². The Balaban J connectivity index is 1.83. The zero-order chi connectivity index (χ0) is 21.9. The summed E-state index contributed by atoms with van der Waals surface area (Å²) in [6, 6.07) is 5.33. The highest BCUT2D eigenvalue weighted by Gasteiger charge is 2.36. The van der Waals surface area contributed by atoms with Gasteiger partial charge in [-0.25, -0.2) is 4.39 Å². The van der Waals surface area contributed by atoms with Gasteiger partial charge in [-0.15, -0.1) is 0 Å². The van der Waals surface area contributed by atoms with Crippen LogP contribution in [0.3, 0.4) is 0 Å². The van der Waals surface area contributed by atoms with E-state index in [9.17, 15) is 22.4 Å². The Labute approximate surface area is 167 Å². The molecule has 1 N–H and O–H groups in total. The Hall–Kier alpha value is -3.28. The second-order valence-corrected chi connectivity index (χ2v) is 6.31. The van der Waals surface area contributed by atoms with E-state index < -0.39 is 29.6 Å². The van der Waals surface area contributed by atoms with Crippen molar-refractivity contribution in [2.24, 2.45) is 7.05 Å². The molecule has 1 unspecified atom stereocenters. The van der Waals surface area contributed by atoms with Crippen molar-refractivity contribution >= 4 is 5.91 Å². The molecule has 1 atom stereocenters. The first-order valence-corrected chi connectivity index (χ1v) is 8.69. The molecule has 0 saturated heterocycles. The molecule has 2 heterocycles. The summed E-state index contributed by atoms with van der Waals surface area (Å²) in [4.78, 5) is 16.7. The molecule has 0 radical (unpaired) electrons. The number of benzene rings is 1. The summed E-state index contributed by atoms with van der Waals surface area (Å²) in [5.41, 5.74) is -1.12. The number of alkyl halides is 3. The van der Waals surface area contributed by atoms with Gasteiger partial charge in [-0.3, -0.25) is 9.48 Å². The van der Waals surface area contributed by atoms with Crippen LogP contribution in [-0.2, 0) is 18.0 Å². The first-order chi connectivity index (χ1) is 14.2. The monoisotopic (exact) mass is 427 g/mol. The van der Waals surface area contributed by atoms with E-state index in [0.717, 1.165) is 4.68 Å². The fraction of sp³-hybridized carbons (Fsp3) is 0.333. The van der Waals surface area contributed by atoms with Crippen molar-refractivity contribution in [2.45, 2.75) is 18.6 Å². The number of carbonyl (C=O) groups excluding carboxylic acids is 1. The Morgan fingerprint density at radius 3 is 2.73 bits per heavy atom. The van der Waals surface area contributed by atoms with Gasteiger partial charge in [-0.1, -0.05) is 17.3 Å². The number of aryl methyl sites for hydroxylation is 1. The van der Waals surface area contributed by atoms with Gasteiger partial charge in [-0.2, -0.15) is 23.3 Å². The molecular formula is C18H17F4N5O3. The number of halogens is 4. The summed E-state index contributed by atoms with van der Waals surface area (Å²) in [7, 11) is 2.67. The minimum Gasteiger partial charge on any atom is -0.385 e. The van der Waals surface area contributed by atoms with Gasteiger partial charge in [0.2, 0.25) is 11.7 Å². The van der Waals surface area contributed by atoms with E-state index in [1.165, 1.54) is 32.4 Å². The van der Waals surface area contributed by atoms with Crippen molar-refractivity contribution in [1.29, 1.82) is 0 Å². The van der Waals surface area contributed by atoms with Gasteiger partial charge in [0.15, 0.2) is 5.69 Å². The van der Waals surface area contributed by atoms with E-state index in [-0.39, 0.29) is 30.4 Å². The number of hydrogen-bond donors (Lipinski definition) is 1. The fourth-order valence-corrected chi connectivity index (χ4v) is 2.67. The van der Waals surface area contributed by atoms with Crippen LogP contribution < -0.4 is 5.32 Å². The Bertz CT molecular complexity index is 1030. The molecule has 160 valence electrons. The van der Waals surface area contributed by atoms with E-state index in [1.807, 2.05) is 0 Å². The van der Waals surface area contributed by atoms with Crippen LogP contribution in [0, 0.1) is 5.82 Å². The fourth-order valence-electron chi connectivity index (χ4n) is 2.67. The summed E-state index contributed by atoms with van der Waals surface area (Å²) in [5, 5.41) is 9.64. The zero-order valence-electron chi connectivity index (χ0n) is 15.9. The molecule has 0 aliphatic carbocycles. The third-order valence-electron chi connectivity index (χ3n) is 4.14. The maximum absolute atomic E-state index is 13.4. The number of nitrogens with one attached hydrogen (secondary N) is 1. The molecule has 30 heavy (non-hydrogen) atoms. The third-order valence-corrected chi connectivity index (χ3v) is 4.14. The highest BCUT2D eigenvalue weighted by atomic mass is 19.4. The number of amides is 1. The molecular weight excluding hydrogens is 410 g/mol. The summed E-state index contributed by atoms with van der Waals surface area (Å²) < 4.78 is 63.0. The van der Waals surface area contributed by atoms with E-state index >= 15 is 0 Å². The van der Waals surface area contributed by atoms with E-state index in [2.05, 4.69) is 20.6 Å². The highest BCUT2D eigenvalue weighted by Crippen LogP contribution is 2.28. The number of ether oxygens (including phenoxy) is 1. The van der Waals surface area contributed by atoms with Crippen LogP contribution in [0.1, 0.15) is 34.5 Å².